The van der Waals surface area contributed by atoms with Gasteiger partial charge >= 0.3 is 0 Å². The van der Waals surface area contributed by atoms with Crippen LogP contribution in [0.1, 0.15) is 32.6 Å². The molecule has 1 rings (SSSR count). The molecule has 0 heterocycles. The Morgan fingerprint density at radius 1 is 1.33 bits per heavy atom. The molecule has 0 spiro atoms. The maximum Gasteiger partial charge on any atom is 0.0433 e. The SMILES string of the molecule is CCO.OCCC1CC=CCC1. The highest BCUT2D eigenvalue weighted by molar-refractivity contribution is 4.89. The van der Waals surface area contributed by atoms with Crippen molar-refractivity contribution in [3.63, 3.8) is 0 Å². The Bertz CT molecular complexity index is 110. The molecule has 0 amide bonds. The maximum absolute atomic E-state index is 8.59. The summed E-state index contributed by atoms with van der Waals surface area (Å²) >= 11 is 0. The van der Waals surface area contributed by atoms with E-state index >= 15 is 0 Å². The first-order chi connectivity index (χ1) is 5.85. The fourth-order valence-electron chi connectivity index (χ4n) is 1.30. The number of hydrogen-bond donors (Lipinski definition) is 2. The highest BCUT2D eigenvalue weighted by Crippen LogP contribution is 2.20. The molecule has 0 fully saturated rings. The van der Waals surface area contributed by atoms with E-state index in [2.05, 4.69) is 12.2 Å². The van der Waals surface area contributed by atoms with Gasteiger partial charge in [0.1, 0.15) is 0 Å². The van der Waals surface area contributed by atoms with Gasteiger partial charge in [0.25, 0.3) is 0 Å². The van der Waals surface area contributed by atoms with Gasteiger partial charge in [-0.15, -0.1) is 0 Å². The second-order valence-electron chi connectivity index (χ2n) is 2.98. The number of allylic oxidation sites excluding steroid dienone is 2. The lowest BCUT2D eigenvalue weighted by Crippen LogP contribution is -2.04. The molecule has 1 unspecified atom stereocenters. The summed E-state index contributed by atoms with van der Waals surface area (Å²) in [5.74, 6) is 0.764. The molecule has 0 aromatic carbocycles. The number of rotatable bonds is 2. The van der Waals surface area contributed by atoms with E-state index < -0.39 is 0 Å². The van der Waals surface area contributed by atoms with Crippen molar-refractivity contribution in [1.82, 2.24) is 0 Å². The molecule has 0 aliphatic heterocycles. The lowest BCUT2D eigenvalue weighted by Gasteiger charge is -2.15. The Labute approximate surface area is 74.9 Å². The molecule has 2 heteroatoms. The molecule has 1 aliphatic carbocycles. The van der Waals surface area contributed by atoms with E-state index in [1.807, 2.05) is 0 Å². The zero-order chi connectivity index (χ0) is 9.23. The molecule has 2 nitrogen and oxygen atoms in total. The van der Waals surface area contributed by atoms with Crippen molar-refractivity contribution in [3.05, 3.63) is 12.2 Å². The fraction of sp³-hybridized carbons (Fsp3) is 0.800. The van der Waals surface area contributed by atoms with Gasteiger partial charge in [-0.2, -0.15) is 0 Å². The molecule has 0 aromatic heterocycles. The standard InChI is InChI=1S/C8H14O.C2H6O/c9-7-6-8-4-2-1-3-5-8;1-2-3/h1-2,8-9H,3-7H2;3H,2H2,1H3. The van der Waals surface area contributed by atoms with Crippen LogP contribution in [0.4, 0.5) is 0 Å². The largest absolute Gasteiger partial charge is 0.397 e. The van der Waals surface area contributed by atoms with E-state index in [4.69, 9.17) is 10.2 Å². The van der Waals surface area contributed by atoms with Crippen molar-refractivity contribution in [3.8, 4) is 0 Å². The summed E-state index contributed by atoms with van der Waals surface area (Å²) in [6.07, 6.45) is 9.12. The normalized spacial score (nSPS) is 21.4. The van der Waals surface area contributed by atoms with Crippen LogP contribution in [0.5, 0.6) is 0 Å². The highest BCUT2D eigenvalue weighted by Gasteiger charge is 2.07. The van der Waals surface area contributed by atoms with Gasteiger partial charge in [-0.25, -0.2) is 0 Å². The van der Waals surface area contributed by atoms with Crippen LogP contribution < -0.4 is 0 Å². The van der Waals surface area contributed by atoms with Gasteiger partial charge in [0.2, 0.25) is 0 Å². The molecule has 0 radical (unpaired) electrons. The molecule has 72 valence electrons. The molecule has 1 aliphatic rings. The van der Waals surface area contributed by atoms with Gasteiger partial charge in [-0.1, -0.05) is 12.2 Å². The third kappa shape index (κ3) is 6.38. The zero-order valence-corrected chi connectivity index (χ0v) is 7.87. The van der Waals surface area contributed by atoms with Crippen LogP contribution in [0, 0.1) is 5.92 Å². The van der Waals surface area contributed by atoms with Crippen LogP contribution >= 0.6 is 0 Å². The Morgan fingerprint density at radius 3 is 2.42 bits per heavy atom. The predicted octanol–water partition coefficient (Wildman–Crippen LogP) is 1.72. The molecule has 0 saturated heterocycles. The summed E-state index contributed by atoms with van der Waals surface area (Å²) < 4.78 is 0. The lowest BCUT2D eigenvalue weighted by atomic mass is 9.92. The predicted molar refractivity (Wildman–Crippen MR) is 50.9 cm³/mol. The van der Waals surface area contributed by atoms with Crippen molar-refractivity contribution in [1.29, 1.82) is 0 Å². The molecule has 2 N–H and O–H groups in total. The first-order valence-corrected chi connectivity index (χ1v) is 4.71. The lowest BCUT2D eigenvalue weighted by molar-refractivity contribution is 0.251. The molecular formula is C10H20O2. The molecule has 1 atom stereocenters. The summed E-state index contributed by atoms with van der Waals surface area (Å²) in [7, 11) is 0. The molecule has 12 heavy (non-hydrogen) atoms. The number of aliphatic hydroxyl groups is 2. The second-order valence-corrected chi connectivity index (χ2v) is 2.98. The van der Waals surface area contributed by atoms with Crippen LogP contribution in [0.15, 0.2) is 12.2 Å². The summed E-state index contributed by atoms with van der Waals surface area (Å²) in [5.41, 5.74) is 0. The Kier molecular flexibility index (Phi) is 8.51. The summed E-state index contributed by atoms with van der Waals surface area (Å²) in [6, 6.07) is 0. The van der Waals surface area contributed by atoms with Crippen LogP contribution in [0.25, 0.3) is 0 Å². The van der Waals surface area contributed by atoms with E-state index in [-0.39, 0.29) is 6.61 Å². The van der Waals surface area contributed by atoms with Crippen molar-refractivity contribution in [2.75, 3.05) is 13.2 Å². The minimum absolute atomic E-state index is 0.250. The van der Waals surface area contributed by atoms with Crippen LogP contribution in [-0.2, 0) is 0 Å². The minimum atomic E-state index is 0.250. The monoisotopic (exact) mass is 172 g/mol. The van der Waals surface area contributed by atoms with Crippen LogP contribution in [-0.4, -0.2) is 23.4 Å². The Morgan fingerprint density at radius 2 is 2.00 bits per heavy atom. The van der Waals surface area contributed by atoms with Crippen molar-refractivity contribution < 1.29 is 10.2 Å². The molecule has 0 saturated carbocycles. The minimum Gasteiger partial charge on any atom is -0.397 e. The third-order valence-electron chi connectivity index (χ3n) is 1.92. The average Bonchev–Trinajstić information content (AvgIpc) is 2.08. The van der Waals surface area contributed by atoms with E-state index in [1.165, 1.54) is 19.3 Å². The van der Waals surface area contributed by atoms with Gasteiger partial charge in [-0.05, 0) is 38.5 Å². The van der Waals surface area contributed by atoms with E-state index in [1.54, 1.807) is 6.92 Å². The van der Waals surface area contributed by atoms with Crippen LogP contribution in [0.2, 0.25) is 0 Å². The third-order valence-corrected chi connectivity index (χ3v) is 1.92. The highest BCUT2D eigenvalue weighted by atomic mass is 16.3. The Balaban J connectivity index is 0.000000354. The van der Waals surface area contributed by atoms with Gasteiger partial charge in [0.05, 0.1) is 0 Å². The first kappa shape index (κ1) is 11.7. The zero-order valence-electron chi connectivity index (χ0n) is 7.87. The van der Waals surface area contributed by atoms with Crippen LogP contribution in [0.3, 0.4) is 0 Å². The number of hydrogen-bond acceptors (Lipinski definition) is 2. The van der Waals surface area contributed by atoms with Gasteiger partial charge in [0.15, 0.2) is 0 Å². The summed E-state index contributed by atoms with van der Waals surface area (Å²) in [4.78, 5) is 0. The van der Waals surface area contributed by atoms with Gasteiger partial charge < -0.3 is 10.2 Å². The van der Waals surface area contributed by atoms with Crippen molar-refractivity contribution >= 4 is 0 Å². The molecular weight excluding hydrogens is 152 g/mol. The second kappa shape index (κ2) is 8.75. The van der Waals surface area contributed by atoms with E-state index in [9.17, 15) is 0 Å². The fourth-order valence-corrected chi connectivity index (χ4v) is 1.30. The topological polar surface area (TPSA) is 40.5 Å². The Hall–Kier alpha value is -0.340. The van der Waals surface area contributed by atoms with Crippen molar-refractivity contribution in [2.24, 2.45) is 5.92 Å². The molecule has 0 aromatic rings. The van der Waals surface area contributed by atoms with E-state index in [0.717, 1.165) is 12.3 Å². The summed E-state index contributed by atoms with van der Waals surface area (Å²) in [6.45, 7) is 2.29. The van der Waals surface area contributed by atoms with Crippen molar-refractivity contribution in [2.45, 2.75) is 32.6 Å². The van der Waals surface area contributed by atoms with Gasteiger partial charge in [-0.3, -0.25) is 0 Å². The summed E-state index contributed by atoms with van der Waals surface area (Å²) in [5, 5.41) is 16.2. The number of aliphatic hydroxyl groups excluding tert-OH is 2. The molecule has 0 bridgehead atoms. The smallest absolute Gasteiger partial charge is 0.0433 e. The maximum atomic E-state index is 8.59. The van der Waals surface area contributed by atoms with Gasteiger partial charge in [0, 0.05) is 13.2 Å². The first-order valence-electron chi connectivity index (χ1n) is 4.71. The van der Waals surface area contributed by atoms with E-state index in [0.29, 0.717) is 6.61 Å². The average molecular weight is 172 g/mol. The quantitative estimate of drug-likeness (QED) is 0.623.